The number of amides is 1. The van der Waals surface area contributed by atoms with Gasteiger partial charge in [-0.05, 0) is 25.1 Å². The maximum atomic E-state index is 11.9. The van der Waals surface area contributed by atoms with Crippen molar-refractivity contribution in [2.75, 3.05) is 5.73 Å². The number of nitrogens with zero attached hydrogens (tertiary/aromatic N) is 1. The Bertz CT molecular complexity index is 580. The summed E-state index contributed by atoms with van der Waals surface area (Å²) < 4.78 is 0. The van der Waals surface area contributed by atoms with E-state index in [0.29, 0.717) is 12.2 Å². The number of anilines is 1. The van der Waals surface area contributed by atoms with Crippen molar-refractivity contribution in [2.24, 2.45) is 0 Å². The standard InChI is InChI=1S/C12H13N3O2S/c1-7-11(18-6-15-7)5-14-12(17)9-4-8(16)2-3-10(9)13/h2-4,6,16H,5,13H2,1H3,(H,14,17). The van der Waals surface area contributed by atoms with Gasteiger partial charge in [0.15, 0.2) is 0 Å². The number of benzene rings is 1. The maximum Gasteiger partial charge on any atom is 0.253 e. The summed E-state index contributed by atoms with van der Waals surface area (Å²) in [5, 5.41) is 12.1. The second-order valence-corrected chi connectivity index (χ2v) is 4.75. The molecular formula is C12H13N3O2S. The van der Waals surface area contributed by atoms with Gasteiger partial charge in [0.1, 0.15) is 5.75 Å². The van der Waals surface area contributed by atoms with Crippen LogP contribution in [0.25, 0.3) is 0 Å². The number of nitrogen functional groups attached to an aromatic ring is 1. The summed E-state index contributed by atoms with van der Waals surface area (Å²) in [6.07, 6.45) is 0. The number of hydrogen-bond donors (Lipinski definition) is 3. The van der Waals surface area contributed by atoms with Crippen LogP contribution in [0.1, 0.15) is 20.9 Å². The highest BCUT2D eigenvalue weighted by Crippen LogP contribution is 2.18. The van der Waals surface area contributed by atoms with Crippen LogP contribution in [0, 0.1) is 6.92 Å². The molecular weight excluding hydrogens is 250 g/mol. The lowest BCUT2D eigenvalue weighted by atomic mass is 10.1. The summed E-state index contributed by atoms with van der Waals surface area (Å²) >= 11 is 1.49. The molecule has 0 saturated carbocycles. The number of nitrogens with two attached hydrogens (primary N) is 1. The van der Waals surface area contributed by atoms with E-state index in [2.05, 4.69) is 10.3 Å². The molecule has 6 heteroatoms. The molecule has 1 heterocycles. The second-order valence-electron chi connectivity index (χ2n) is 3.82. The third-order valence-corrected chi connectivity index (χ3v) is 3.47. The van der Waals surface area contributed by atoms with Crippen LogP contribution in [-0.2, 0) is 6.54 Å². The number of phenols is 1. The van der Waals surface area contributed by atoms with Crippen molar-refractivity contribution in [3.05, 3.63) is 39.8 Å². The lowest BCUT2D eigenvalue weighted by Gasteiger charge is -2.07. The minimum atomic E-state index is -0.309. The zero-order chi connectivity index (χ0) is 13.1. The summed E-state index contributed by atoms with van der Waals surface area (Å²) in [5.41, 5.74) is 8.94. The Morgan fingerprint density at radius 1 is 1.56 bits per heavy atom. The van der Waals surface area contributed by atoms with Crippen molar-refractivity contribution in [3.8, 4) is 5.75 Å². The van der Waals surface area contributed by atoms with E-state index in [-0.39, 0.29) is 17.2 Å². The maximum absolute atomic E-state index is 11.9. The Morgan fingerprint density at radius 2 is 2.33 bits per heavy atom. The molecule has 0 unspecified atom stereocenters. The molecule has 2 rings (SSSR count). The monoisotopic (exact) mass is 263 g/mol. The third kappa shape index (κ3) is 2.60. The quantitative estimate of drug-likeness (QED) is 0.580. The van der Waals surface area contributed by atoms with Crippen molar-refractivity contribution in [1.29, 1.82) is 0 Å². The van der Waals surface area contributed by atoms with Crippen molar-refractivity contribution >= 4 is 22.9 Å². The predicted molar refractivity (Wildman–Crippen MR) is 70.5 cm³/mol. The third-order valence-electron chi connectivity index (χ3n) is 2.54. The van der Waals surface area contributed by atoms with Crippen LogP contribution in [0.15, 0.2) is 23.7 Å². The number of nitrogens with one attached hydrogen (secondary N) is 1. The zero-order valence-corrected chi connectivity index (χ0v) is 10.6. The van der Waals surface area contributed by atoms with Crippen molar-refractivity contribution in [1.82, 2.24) is 10.3 Å². The van der Waals surface area contributed by atoms with Gasteiger partial charge < -0.3 is 16.2 Å². The molecule has 5 nitrogen and oxygen atoms in total. The SMILES string of the molecule is Cc1ncsc1CNC(=O)c1cc(O)ccc1N. The summed E-state index contributed by atoms with van der Waals surface area (Å²) in [6, 6.07) is 4.30. The van der Waals surface area contributed by atoms with Crippen LogP contribution in [-0.4, -0.2) is 16.0 Å². The van der Waals surface area contributed by atoms with Crippen molar-refractivity contribution in [2.45, 2.75) is 13.5 Å². The van der Waals surface area contributed by atoms with Gasteiger partial charge in [-0.15, -0.1) is 11.3 Å². The fourth-order valence-corrected chi connectivity index (χ4v) is 2.21. The Morgan fingerprint density at radius 3 is 3.00 bits per heavy atom. The van der Waals surface area contributed by atoms with Gasteiger partial charge in [0, 0.05) is 10.6 Å². The molecule has 0 saturated heterocycles. The molecule has 0 bridgehead atoms. The zero-order valence-electron chi connectivity index (χ0n) is 9.80. The van der Waals surface area contributed by atoms with E-state index in [9.17, 15) is 9.90 Å². The number of hydrogen-bond acceptors (Lipinski definition) is 5. The summed E-state index contributed by atoms with van der Waals surface area (Å²) in [4.78, 5) is 17.0. The van der Waals surface area contributed by atoms with E-state index in [1.807, 2.05) is 6.92 Å². The smallest absolute Gasteiger partial charge is 0.253 e. The van der Waals surface area contributed by atoms with E-state index in [1.165, 1.54) is 29.5 Å². The first-order chi connectivity index (χ1) is 8.58. The predicted octanol–water partition coefficient (Wildman–Crippen LogP) is 1.67. The minimum absolute atomic E-state index is 0.0170. The molecule has 0 aliphatic rings. The number of aryl methyl sites for hydroxylation is 1. The highest BCUT2D eigenvalue weighted by Gasteiger charge is 2.11. The molecule has 4 N–H and O–H groups in total. The molecule has 1 aromatic heterocycles. The number of carbonyl (C=O) groups excluding carboxylic acids is 1. The number of phenolic OH excluding ortho intramolecular Hbond substituents is 1. The van der Waals surface area contributed by atoms with E-state index in [1.54, 1.807) is 5.51 Å². The first-order valence-corrected chi connectivity index (χ1v) is 6.21. The summed E-state index contributed by atoms with van der Waals surface area (Å²) in [6.45, 7) is 2.30. The topological polar surface area (TPSA) is 88.2 Å². The van der Waals surface area contributed by atoms with Crippen LogP contribution < -0.4 is 11.1 Å². The lowest BCUT2D eigenvalue weighted by Crippen LogP contribution is -2.23. The van der Waals surface area contributed by atoms with E-state index < -0.39 is 0 Å². The van der Waals surface area contributed by atoms with Crippen molar-refractivity contribution in [3.63, 3.8) is 0 Å². The Hall–Kier alpha value is -2.08. The molecule has 94 valence electrons. The van der Waals surface area contributed by atoms with Crippen LogP contribution in [0.2, 0.25) is 0 Å². The van der Waals surface area contributed by atoms with Gasteiger partial charge in [-0.25, -0.2) is 4.98 Å². The van der Waals surface area contributed by atoms with Gasteiger partial charge in [-0.2, -0.15) is 0 Å². The molecule has 0 atom stereocenters. The highest BCUT2D eigenvalue weighted by molar-refractivity contribution is 7.09. The molecule has 18 heavy (non-hydrogen) atoms. The number of thiazole rings is 1. The first kappa shape index (κ1) is 12.4. The van der Waals surface area contributed by atoms with Gasteiger partial charge in [-0.1, -0.05) is 0 Å². The number of rotatable bonds is 3. The molecule has 0 spiro atoms. The van der Waals surface area contributed by atoms with E-state index in [0.717, 1.165) is 10.6 Å². The highest BCUT2D eigenvalue weighted by atomic mass is 32.1. The lowest BCUT2D eigenvalue weighted by molar-refractivity contribution is 0.0952. The second kappa shape index (κ2) is 5.05. The molecule has 1 aromatic carbocycles. The van der Waals surface area contributed by atoms with Gasteiger partial charge in [0.2, 0.25) is 0 Å². The number of aromatic hydroxyl groups is 1. The molecule has 0 radical (unpaired) electrons. The first-order valence-electron chi connectivity index (χ1n) is 5.33. The van der Waals surface area contributed by atoms with Gasteiger partial charge in [-0.3, -0.25) is 4.79 Å². The Balaban J connectivity index is 2.08. The largest absolute Gasteiger partial charge is 0.508 e. The van der Waals surface area contributed by atoms with Crippen LogP contribution >= 0.6 is 11.3 Å². The summed E-state index contributed by atoms with van der Waals surface area (Å²) in [5.74, 6) is -0.292. The van der Waals surface area contributed by atoms with Crippen LogP contribution in [0.4, 0.5) is 5.69 Å². The Kier molecular flexibility index (Phi) is 3.47. The number of carbonyl (C=O) groups is 1. The molecule has 0 aliphatic heterocycles. The number of aromatic nitrogens is 1. The van der Waals surface area contributed by atoms with E-state index in [4.69, 9.17) is 5.73 Å². The van der Waals surface area contributed by atoms with Crippen LogP contribution in [0.5, 0.6) is 5.75 Å². The fraction of sp³-hybridized carbons (Fsp3) is 0.167. The molecule has 2 aromatic rings. The van der Waals surface area contributed by atoms with Gasteiger partial charge in [0.05, 0.1) is 23.3 Å². The van der Waals surface area contributed by atoms with Crippen LogP contribution in [0.3, 0.4) is 0 Å². The molecule has 0 fully saturated rings. The average molecular weight is 263 g/mol. The molecule has 0 aliphatic carbocycles. The Labute approximate surface area is 108 Å². The fourth-order valence-electron chi connectivity index (χ4n) is 1.49. The minimum Gasteiger partial charge on any atom is -0.508 e. The average Bonchev–Trinajstić information content (AvgIpc) is 2.75. The van der Waals surface area contributed by atoms with Gasteiger partial charge >= 0.3 is 0 Å². The van der Waals surface area contributed by atoms with E-state index >= 15 is 0 Å². The summed E-state index contributed by atoms with van der Waals surface area (Å²) in [7, 11) is 0. The van der Waals surface area contributed by atoms with Crippen molar-refractivity contribution < 1.29 is 9.90 Å². The normalized spacial score (nSPS) is 10.3. The molecule has 1 amide bonds. The van der Waals surface area contributed by atoms with Gasteiger partial charge in [0.25, 0.3) is 5.91 Å².